The average Bonchev–Trinajstić information content (AvgIpc) is 2.96. The molecule has 1 atom stereocenters. The van der Waals surface area contributed by atoms with Gasteiger partial charge >= 0.3 is 5.97 Å². The van der Waals surface area contributed by atoms with Crippen LogP contribution in [0.4, 0.5) is 0 Å². The van der Waals surface area contributed by atoms with Crippen molar-refractivity contribution in [3.8, 4) is 0 Å². The van der Waals surface area contributed by atoms with Crippen molar-refractivity contribution < 1.29 is 14.3 Å². The molecule has 0 radical (unpaired) electrons. The molecule has 0 aromatic carbocycles. The molecule has 0 bridgehead atoms. The van der Waals surface area contributed by atoms with E-state index in [1.165, 1.54) is 0 Å². The highest BCUT2D eigenvalue weighted by Gasteiger charge is 2.17. The molecule has 0 spiro atoms. The summed E-state index contributed by atoms with van der Waals surface area (Å²) in [6.07, 6.45) is 3.24. The molecule has 88 valence electrons. The molecule has 5 heteroatoms. The van der Waals surface area contributed by atoms with Crippen LogP contribution in [0.3, 0.4) is 0 Å². The zero-order chi connectivity index (χ0) is 11.2. The molecule has 2 rings (SSSR count). The van der Waals surface area contributed by atoms with Crippen LogP contribution in [0.15, 0.2) is 10.9 Å². The molecule has 4 nitrogen and oxygen atoms in total. The number of thiazole rings is 1. The summed E-state index contributed by atoms with van der Waals surface area (Å²) in [7, 11) is 0. The monoisotopic (exact) mass is 241 g/mol. The summed E-state index contributed by atoms with van der Waals surface area (Å²) in [5.74, 6) is -0.163. The van der Waals surface area contributed by atoms with Gasteiger partial charge in [0.05, 0.1) is 23.7 Å². The van der Waals surface area contributed by atoms with Crippen LogP contribution in [-0.2, 0) is 20.7 Å². The zero-order valence-corrected chi connectivity index (χ0v) is 9.87. The highest BCUT2D eigenvalue weighted by Crippen LogP contribution is 2.12. The third-order valence-corrected chi connectivity index (χ3v) is 3.16. The summed E-state index contributed by atoms with van der Waals surface area (Å²) in [5.41, 5.74) is 2.73. The van der Waals surface area contributed by atoms with E-state index in [-0.39, 0.29) is 12.1 Å². The van der Waals surface area contributed by atoms with Crippen LogP contribution in [0.1, 0.15) is 25.0 Å². The Morgan fingerprint density at radius 2 is 2.62 bits per heavy atom. The van der Waals surface area contributed by atoms with E-state index in [0.29, 0.717) is 19.4 Å². The van der Waals surface area contributed by atoms with E-state index >= 15 is 0 Å². The van der Waals surface area contributed by atoms with E-state index in [1.54, 1.807) is 16.8 Å². The second kappa shape index (κ2) is 5.96. The van der Waals surface area contributed by atoms with Gasteiger partial charge in [-0.05, 0) is 12.8 Å². The first-order valence-electron chi connectivity index (χ1n) is 5.49. The second-order valence-electron chi connectivity index (χ2n) is 3.80. The predicted octanol–water partition coefficient (Wildman–Crippen LogP) is 1.80. The van der Waals surface area contributed by atoms with Crippen LogP contribution in [0.2, 0.25) is 0 Å². The van der Waals surface area contributed by atoms with E-state index < -0.39 is 0 Å². The lowest BCUT2D eigenvalue weighted by atomic mass is 10.2. The number of aryl methyl sites for hydroxylation is 1. The Morgan fingerprint density at radius 3 is 3.31 bits per heavy atom. The third kappa shape index (κ3) is 3.57. The quantitative estimate of drug-likeness (QED) is 0.737. The van der Waals surface area contributed by atoms with E-state index in [4.69, 9.17) is 9.47 Å². The van der Waals surface area contributed by atoms with Crippen molar-refractivity contribution >= 4 is 17.3 Å². The molecule has 1 saturated heterocycles. The molecule has 1 aromatic heterocycles. The van der Waals surface area contributed by atoms with Crippen LogP contribution in [-0.4, -0.2) is 30.3 Å². The van der Waals surface area contributed by atoms with Gasteiger partial charge in [0.15, 0.2) is 0 Å². The molecule has 1 aliphatic heterocycles. The fraction of sp³-hybridized carbons (Fsp3) is 0.636. The number of esters is 1. The Kier molecular flexibility index (Phi) is 4.30. The number of hydrogen-bond acceptors (Lipinski definition) is 5. The topological polar surface area (TPSA) is 48.4 Å². The Balaban J connectivity index is 1.60. The molecule has 2 heterocycles. The van der Waals surface area contributed by atoms with Gasteiger partial charge in [-0.15, -0.1) is 11.3 Å². The van der Waals surface area contributed by atoms with Gasteiger partial charge in [0.1, 0.15) is 6.61 Å². The highest BCUT2D eigenvalue weighted by atomic mass is 32.1. The number of rotatable bonds is 5. The largest absolute Gasteiger partial charge is 0.463 e. The minimum atomic E-state index is -0.163. The molecular weight excluding hydrogens is 226 g/mol. The Morgan fingerprint density at radius 1 is 1.69 bits per heavy atom. The molecule has 0 amide bonds. The predicted molar refractivity (Wildman–Crippen MR) is 60.4 cm³/mol. The summed E-state index contributed by atoms with van der Waals surface area (Å²) in [4.78, 5) is 15.5. The van der Waals surface area contributed by atoms with Crippen molar-refractivity contribution in [3.05, 3.63) is 16.6 Å². The number of hydrogen-bond donors (Lipinski definition) is 0. The molecule has 16 heavy (non-hydrogen) atoms. The van der Waals surface area contributed by atoms with Gasteiger partial charge in [-0.1, -0.05) is 0 Å². The average molecular weight is 241 g/mol. The Labute approximate surface area is 98.6 Å². The van der Waals surface area contributed by atoms with Gasteiger partial charge < -0.3 is 9.47 Å². The Bertz CT molecular complexity index is 320. The van der Waals surface area contributed by atoms with Crippen molar-refractivity contribution in [1.82, 2.24) is 4.98 Å². The van der Waals surface area contributed by atoms with Crippen LogP contribution in [0.5, 0.6) is 0 Å². The standard InChI is InChI=1S/C11H15NO3S/c13-11(4-3-9-7-16-8-12-9)15-6-10-2-1-5-14-10/h7-8,10H,1-6H2/t10-/m1/s1. The van der Waals surface area contributed by atoms with Gasteiger partial charge in [0.2, 0.25) is 0 Å². The van der Waals surface area contributed by atoms with Gasteiger partial charge in [-0.25, -0.2) is 4.98 Å². The van der Waals surface area contributed by atoms with E-state index in [1.807, 2.05) is 5.38 Å². The molecule has 0 aliphatic carbocycles. The second-order valence-corrected chi connectivity index (χ2v) is 4.52. The van der Waals surface area contributed by atoms with Crippen LogP contribution < -0.4 is 0 Å². The van der Waals surface area contributed by atoms with E-state index in [2.05, 4.69) is 4.98 Å². The van der Waals surface area contributed by atoms with Gasteiger partial charge in [0.25, 0.3) is 0 Å². The first kappa shape index (κ1) is 11.5. The molecule has 0 saturated carbocycles. The van der Waals surface area contributed by atoms with Gasteiger partial charge in [-0.3, -0.25) is 4.79 Å². The van der Waals surface area contributed by atoms with Gasteiger partial charge in [-0.2, -0.15) is 0 Å². The maximum atomic E-state index is 11.4. The van der Waals surface area contributed by atoms with Crippen molar-refractivity contribution in [3.63, 3.8) is 0 Å². The summed E-state index contributed by atoms with van der Waals surface area (Å²) >= 11 is 1.54. The fourth-order valence-electron chi connectivity index (χ4n) is 1.62. The minimum Gasteiger partial charge on any atom is -0.463 e. The number of carbonyl (C=O) groups excluding carboxylic acids is 1. The van der Waals surface area contributed by atoms with Gasteiger partial charge in [0, 0.05) is 18.4 Å². The van der Waals surface area contributed by atoms with Crippen molar-refractivity contribution in [1.29, 1.82) is 0 Å². The van der Waals surface area contributed by atoms with E-state index in [0.717, 1.165) is 25.1 Å². The van der Waals surface area contributed by atoms with Crippen molar-refractivity contribution in [2.45, 2.75) is 31.8 Å². The molecule has 1 fully saturated rings. The minimum absolute atomic E-state index is 0.114. The zero-order valence-electron chi connectivity index (χ0n) is 9.05. The maximum absolute atomic E-state index is 11.4. The highest BCUT2D eigenvalue weighted by molar-refractivity contribution is 7.07. The first-order valence-corrected chi connectivity index (χ1v) is 6.43. The third-order valence-electron chi connectivity index (χ3n) is 2.52. The number of carbonyl (C=O) groups is 1. The normalized spacial score (nSPS) is 19.9. The lowest BCUT2D eigenvalue weighted by Gasteiger charge is -2.09. The fourth-order valence-corrected chi connectivity index (χ4v) is 2.22. The molecule has 0 N–H and O–H groups in total. The number of ether oxygens (including phenoxy) is 2. The van der Waals surface area contributed by atoms with Crippen LogP contribution in [0.25, 0.3) is 0 Å². The lowest BCUT2D eigenvalue weighted by Crippen LogP contribution is -2.18. The summed E-state index contributed by atoms with van der Waals surface area (Å²) < 4.78 is 10.5. The summed E-state index contributed by atoms with van der Waals surface area (Å²) in [6, 6.07) is 0. The number of aromatic nitrogens is 1. The first-order chi connectivity index (χ1) is 7.84. The maximum Gasteiger partial charge on any atom is 0.306 e. The van der Waals surface area contributed by atoms with Crippen LogP contribution in [0, 0.1) is 0 Å². The van der Waals surface area contributed by atoms with Crippen LogP contribution >= 0.6 is 11.3 Å². The molecule has 0 unspecified atom stereocenters. The molecule has 1 aromatic rings. The summed E-state index contributed by atoms with van der Waals surface area (Å²) in [6.45, 7) is 1.19. The van der Waals surface area contributed by atoms with Crippen molar-refractivity contribution in [2.24, 2.45) is 0 Å². The summed E-state index contributed by atoms with van der Waals surface area (Å²) in [5, 5.41) is 1.95. The molecular formula is C11H15NO3S. The smallest absolute Gasteiger partial charge is 0.306 e. The van der Waals surface area contributed by atoms with E-state index in [9.17, 15) is 4.79 Å². The molecule has 1 aliphatic rings. The SMILES string of the molecule is O=C(CCc1cscn1)OC[C@H]1CCCO1. The lowest BCUT2D eigenvalue weighted by molar-refractivity contribution is -0.146. The Hall–Kier alpha value is -0.940. The number of nitrogens with zero attached hydrogens (tertiary/aromatic N) is 1. The van der Waals surface area contributed by atoms with Crippen molar-refractivity contribution in [2.75, 3.05) is 13.2 Å².